The summed E-state index contributed by atoms with van der Waals surface area (Å²) in [4.78, 5) is 11.9. The standard InChI is InChI=1S/C18H25ClN2O3S/c1-17(2,3)25(23)20-13-14-4-6-15(7-5-14)18(21-16(22)12-19)8-10-24-11-9-18/h4-7,13H,8-12H2,1-3H3,(H,21,22)/b20-13+/t25-/m0/s1. The van der Waals surface area contributed by atoms with Gasteiger partial charge in [-0.2, -0.15) is 0 Å². The lowest BCUT2D eigenvalue weighted by Crippen LogP contribution is -2.49. The second kappa shape index (κ2) is 8.54. The first-order valence-electron chi connectivity index (χ1n) is 8.28. The van der Waals surface area contributed by atoms with Crippen molar-refractivity contribution in [1.82, 2.24) is 5.32 Å². The second-order valence-corrected chi connectivity index (χ2v) is 9.30. The maximum absolute atomic E-state index is 12.0. The third kappa shape index (κ3) is 5.45. The fraction of sp³-hybridized carbons (Fsp3) is 0.556. The molecule has 1 heterocycles. The Kier molecular flexibility index (Phi) is 6.91. The van der Waals surface area contributed by atoms with E-state index in [2.05, 4.69) is 9.71 Å². The zero-order valence-electron chi connectivity index (χ0n) is 14.9. The van der Waals surface area contributed by atoms with Crippen molar-refractivity contribution in [2.24, 2.45) is 4.40 Å². The van der Waals surface area contributed by atoms with Gasteiger partial charge in [0.05, 0.1) is 11.8 Å². The normalized spacial score (nSPS) is 18.9. The highest BCUT2D eigenvalue weighted by molar-refractivity contribution is 7.91. The van der Waals surface area contributed by atoms with Gasteiger partial charge in [0.25, 0.3) is 0 Å². The largest absolute Gasteiger partial charge is 0.591 e. The molecule has 0 aliphatic carbocycles. The molecular formula is C18H25ClN2O3S. The maximum atomic E-state index is 12.0. The van der Waals surface area contributed by atoms with E-state index in [1.807, 2.05) is 45.0 Å². The number of carbonyl (C=O) groups is 1. The van der Waals surface area contributed by atoms with Crippen LogP contribution in [0.3, 0.4) is 0 Å². The van der Waals surface area contributed by atoms with E-state index >= 15 is 0 Å². The molecule has 1 aromatic carbocycles. The Hall–Kier alpha value is -1.08. The van der Waals surface area contributed by atoms with Gasteiger partial charge < -0.3 is 14.6 Å². The number of hydrogen-bond acceptors (Lipinski definition) is 4. The molecule has 2 rings (SSSR count). The van der Waals surface area contributed by atoms with E-state index in [1.54, 1.807) is 6.21 Å². The average Bonchev–Trinajstić information content (AvgIpc) is 2.60. The van der Waals surface area contributed by atoms with Crippen LogP contribution in [0.2, 0.25) is 0 Å². The molecule has 5 nitrogen and oxygen atoms in total. The topological polar surface area (TPSA) is 73.8 Å². The van der Waals surface area contributed by atoms with E-state index in [-0.39, 0.29) is 16.5 Å². The summed E-state index contributed by atoms with van der Waals surface area (Å²) < 4.78 is 21.2. The Morgan fingerprint density at radius 3 is 2.48 bits per heavy atom. The summed E-state index contributed by atoms with van der Waals surface area (Å²) in [5.74, 6) is -0.249. The van der Waals surface area contributed by atoms with Gasteiger partial charge in [-0.3, -0.25) is 4.79 Å². The third-order valence-electron chi connectivity index (χ3n) is 4.13. The molecule has 1 saturated heterocycles. The van der Waals surface area contributed by atoms with Crippen LogP contribution in [-0.2, 0) is 26.4 Å². The molecule has 1 aliphatic rings. The summed E-state index contributed by atoms with van der Waals surface area (Å²) in [6.45, 7) is 6.85. The van der Waals surface area contributed by atoms with E-state index in [9.17, 15) is 9.35 Å². The first-order valence-corrected chi connectivity index (χ1v) is 9.92. The summed E-state index contributed by atoms with van der Waals surface area (Å²) in [6.07, 6.45) is 3.04. The van der Waals surface area contributed by atoms with E-state index in [0.29, 0.717) is 26.1 Å². The number of nitrogens with one attached hydrogen (secondary N) is 1. The van der Waals surface area contributed by atoms with Crippen molar-refractivity contribution in [3.63, 3.8) is 0 Å². The number of hydrogen-bond donors (Lipinski definition) is 1. The van der Waals surface area contributed by atoms with Crippen molar-refractivity contribution < 1.29 is 14.1 Å². The molecule has 1 amide bonds. The highest BCUT2D eigenvalue weighted by Gasteiger charge is 2.35. The van der Waals surface area contributed by atoms with Crippen LogP contribution >= 0.6 is 11.6 Å². The van der Waals surface area contributed by atoms with Crippen LogP contribution in [-0.4, -0.2) is 40.5 Å². The van der Waals surface area contributed by atoms with Crippen LogP contribution < -0.4 is 5.32 Å². The SMILES string of the molecule is CC(C)(C)[S@+]([O-])/N=C/c1ccc(C2(NC(=O)CCl)CCOCC2)cc1. The molecule has 1 atom stereocenters. The molecular weight excluding hydrogens is 360 g/mol. The van der Waals surface area contributed by atoms with Gasteiger partial charge in [0.2, 0.25) is 5.91 Å². The fourth-order valence-electron chi connectivity index (χ4n) is 2.66. The number of amides is 1. The molecule has 0 aromatic heterocycles. The smallest absolute Gasteiger partial charge is 0.235 e. The van der Waals surface area contributed by atoms with Crippen molar-refractivity contribution in [3.8, 4) is 0 Å². The number of rotatable bonds is 5. The van der Waals surface area contributed by atoms with Gasteiger partial charge in [0.15, 0.2) is 0 Å². The molecule has 1 aromatic rings. The minimum atomic E-state index is -1.28. The molecule has 138 valence electrons. The van der Waals surface area contributed by atoms with Gasteiger partial charge in [-0.05, 0) is 44.7 Å². The van der Waals surface area contributed by atoms with Gasteiger partial charge in [-0.25, -0.2) is 0 Å². The highest BCUT2D eigenvalue weighted by atomic mass is 35.5. The van der Waals surface area contributed by atoms with Crippen LogP contribution in [0.1, 0.15) is 44.7 Å². The van der Waals surface area contributed by atoms with Gasteiger partial charge >= 0.3 is 0 Å². The van der Waals surface area contributed by atoms with Crippen LogP contribution in [0.5, 0.6) is 0 Å². The van der Waals surface area contributed by atoms with E-state index in [4.69, 9.17) is 16.3 Å². The van der Waals surface area contributed by atoms with Crippen molar-refractivity contribution in [2.45, 2.75) is 43.9 Å². The van der Waals surface area contributed by atoms with E-state index < -0.39 is 16.9 Å². The van der Waals surface area contributed by atoms with Gasteiger partial charge in [-0.15, -0.1) is 11.6 Å². The number of ether oxygens (including phenoxy) is 1. The number of nitrogens with zero attached hydrogens (tertiary/aromatic N) is 1. The van der Waals surface area contributed by atoms with Crippen molar-refractivity contribution in [3.05, 3.63) is 35.4 Å². The van der Waals surface area contributed by atoms with Crippen molar-refractivity contribution >= 4 is 35.1 Å². The predicted octanol–water partition coefficient (Wildman–Crippen LogP) is 2.93. The predicted molar refractivity (Wildman–Crippen MR) is 103 cm³/mol. The molecule has 1 fully saturated rings. The lowest BCUT2D eigenvalue weighted by Gasteiger charge is -2.38. The molecule has 1 aliphatic heterocycles. The lowest BCUT2D eigenvalue weighted by molar-refractivity contribution is -0.122. The van der Waals surface area contributed by atoms with Crippen LogP contribution in [0, 0.1) is 0 Å². The Labute approximate surface area is 157 Å². The molecule has 25 heavy (non-hydrogen) atoms. The van der Waals surface area contributed by atoms with E-state index in [1.165, 1.54) is 0 Å². The molecule has 0 radical (unpaired) electrons. The summed E-state index contributed by atoms with van der Waals surface area (Å²) >= 11 is 4.38. The van der Waals surface area contributed by atoms with Crippen LogP contribution in [0.4, 0.5) is 0 Å². The van der Waals surface area contributed by atoms with E-state index in [0.717, 1.165) is 11.1 Å². The van der Waals surface area contributed by atoms with Gasteiger partial charge in [-0.1, -0.05) is 28.7 Å². The number of alkyl halides is 1. The zero-order valence-corrected chi connectivity index (χ0v) is 16.5. The molecule has 1 N–H and O–H groups in total. The molecule has 0 saturated carbocycles. The maximum Gasteiger partial charge on any atom is 0.235 e. The van der Waals surface area contributed by atoms with Gasteiger partial charge in [0, 0.05) is 13.2 Å². The summed E-state index contributed by atoms with van der Waals surface area (Å²) in [5, 5.41) is 3.05. The summed E-state index contributed by atoms with van der Waals surface area (Å²) in [7, 11) is 0. The fourth-order valence-corrected chi connectivity index (χ4v) is 3.26. The Balaban J connectivity index is 2.18. The third-order valence-corrected chi connectivity index (χ3v) is 5.72. The summed E-state index contributed by atoms with van der Waals surface area (Å²) in [5.41, 5.74) is 1.43. The van der Waals surface area contributed by atoms with Crippen molar-refractivity contribution in [1.29, 1.82) is 0 Å². The Bertz CT molecular complexity index is 608. The van der Waals surface area contributed by atoms with Gasteiger partial charge in [0.1, 0.15) is 22.0 Å². The quantitative estimate of drug-likeness (QED) is 0.482. The summed E-state index contributed by atoms with van der Waals surface area (Å²) in [6, 6.07) is 7.79. The lowest BCUT2D eigenvalue weighted by atomic mass is 9.82. The highest BCUT2D eigenvalue weighted by Crippen LogP contribution is 2.32. The average molecular weight is 385 g/mol. The second-order valence-electron chi connectivity index (χ2n) is 7.09. The minimum absolute atomic E-state index is 0.0635. The molecule has 0 spiro atoms. The molecule has 7 heteroatoms. The molecule has 0 unspecified atom stereocenters. The van der Waals surface area contributed by atoms with Crippen LogP contribution in [0.25, 0.3) is 0 Å². The first-order chi connectivity index (χ1) is 11.8. The number of carbonyl (C=O) groups excluding carboxylic acids is 1. The minimum Gasteiger partial charge on any atom is -0.591 e. The number of halogens is 1. The Morgan fingerprint density at radius 1 is 1.36 bits per heavy atom. The number of benzene rings is 1. The zero-order chi connectivity index (χ0) is 18.5. The monoisotopic (exact) mass is 384 g/mol. The molecule has 0 bridgehead atoms. The first kappa shape index (κ1) is 20.2. The Morgan fingerprint density at radius 2 is 1.96 bits per heavy atom. The van der Waals surface area contributed by atoms with Crippen LogP contribution in [0.15, 0.2) is 28.7 Å². The van der Waals surface area contributed by atoms with Crippen molar-refractivity contribution in [2.75, 3.05) is 19.1 Å².